The van der Waals surface area contributed by atoms with Crippen LogP contribution in [0.15, 0.2) is 59.8 Å². The highest BCUT2D eigenvalue weighted by molar-refractivity contribution is 5.47. The van der Waals surface area contributed by atoms with Gasteiger partial charge in [0, 0.05) is 13.0 Å². The van der Waals surface area contributed by atoms with Gasteiger partial charge in [0.15, 0.2) is 0 Å². The molecule has 0 saturated heterocycles. The molecule has 0 radical (unpaired) electrons. The molecule has 2 N–H and O–H groups in total. The molecule has 1 rings (SSSR count). The number of rotatable bonds is 6. The van der Waals surface area contributed by atoms with Gasteiger partial charge in [0.25, 0.3) is 0 Å². The third-order valence-corrected chi connectivity index (χ3v) is 3.55. The van der Waals surface area contributed by atoms with Gasteiger partial charge in [-0.3, -0.25) is 0 Å². The van der Waals surface area contributed by atoms with E-state index < -0.39 is 12.2 Å². The van der Waals surface area contributed by atoms with Crippen molar-refractivity contribution in [1.29, 1.82) is 0 Å². The van der Waals surface area contributed by atoms with Crippen LogP contribution in [0.3, 0.4) is 0 Å². The molecule has 21 heavy (non-hydrogen) atoms. The molecular formula is C18H27NO2. The predicted molar refractivity (Wildman–Crippen MR) is 89.1 cm³/mol. The molecule has 0 saturated carbocycles. The van der Waals surface area contributed by atoms with Crippen molar-refractivity contribution in [3.05, 3.63) is 59.8 Å². The molecule has 2 atom stereocenters. The Morgan fingerprint density at radius 1 is 1.43 bits per heavy atom. The van der Waals surface area contributed by atoms with E-state index >= 15 is 0 Å². The highest BCUT2D eigenvalue weighted by Gasteiger charge is 2.18. The first-order chi connectivity index (χ1) is 9.97. The Morgan fingerprint density at radius 3 is 2.71 bits per heavy atom. The maximum Gasteiger partial charge on any atom is 0.0823 e. The number of aliphatic hydroxyl groups excluding tert-OH is 2. The molecule has 0 aliphatic heterocycles. The minimum Gasteiger partial charge on any atom is -0.389 e. The Balaban J connectivity index is 2.95. The van der Waals surface area contributed by atoms with Crippen molar-refractivity contribution in [1.82, 2.24) is 4.90 Å². The molecule has 0 heterocycles. The summed E-state index contributed by atoms with van der Waals surface area (Å²) >= 11 is 0. The summed E-state index contributed by atoms with van der Waals surface area (Å²) in [6.45, 7) is 6.85. The minimum atomic E-state index is -0.675. The van der Waals surface area contributed by atoms with Gasteiger partial charge >= 0.3 is 0 Å². The van der Waals surface area contributed by atoms with Crippen LogP contribution in [0.1, 0.15) is 19.8 Å². The maximum atomic E-state index is 10.2. The van der Waals surface area contributed by atoms with Crippen molar-refractivity contribution >= 4 is 0 Å². The highest BCUT2D eigenvalue weighted by Crippen LogP contribution is 2.24. The summed E-state index contributed by atoms with van der Waals surface area (Å²) in [6.07, 6.45) is 11.2. The first-order valence-electron chi connectivity index (χ1n) is 7.36. The number of hydrogen-bond acceptors (Lipinski definition) is 3. The summed E-state index contributed by atoms with van der Waals surface area (Å²) in [5.74, 6) is 0. The molecule has 0 aromatic rings. The quantitative estimate of drug-likeness (QED) is 0.739. The normalized spacial score (nSPS) is 24.0. The van der Waals surface area contributed by atoms with E-state index in [9.17, 15) is 10.2 Å². The van der Waals surface area contributed by atoms with Crippen molar-refractivity contribution in [2.24, 2.45) is 0 Å². The van der Waals surface area contributed by atoms with Crippen LogP contribution in [0.5, 0.6) is 0 Å². The maximum absolute atomic E-state index is 10.2. The summed E-state index contributed by atoms with van der Waals surface area (Å²) in [5.41, 5.74) is 2.93. The second kappa shape index (κ2) is 8.78. The molecule has 1 aliphatic carbocycles. The number of allylic oxidation sites excluding steroid dienone is 5. The van der Waals surface area contributed by atoms with Gasteiger partial charge in [-0.15, -0.1) is 0 Å². The van der Waals surface area contributed by atoms with Gasteiger partial charge < -0.3 is 15.1 Å². The van der Waals surface area contributed by atoms with Gasteiger partial charge in [-0.1, -0.05) is 48.6 Å². The molecule has 116 valence electrons. The molecule has 0 aromatic carbocycles. The zero-order chi connectivity index (χ0) is 15.8. The molecule has 3 nitrogen and oxygen atoms in total. The fourth-order valence-electron chi connectivity index (χ4n) is 2.23. The van der Waals surface area contributed by atoms with E-state index in [-0.39, 0.29) is 0 Å². The van der Waals surface area contributed by atoms with Crippen LogP contribution in [0, 0.1) is 0 Å². The lowest BCUT2D eigenvalue weighted by Gasteiger charge is -2.17. The zero-order valence-electron chi connectivity index (χ0n) is 13.3. The lowest BCUT2D eigenvalue weighted by molar-refractivity contribution is 0.129. The third-order valence-electron chi connectivity index (χ3n) is 3.55. The molecular weight excluding hydrogens is 262 g/mol. The van der Waals surface area contributed by atoms with Crippen molar-refractivity contribution in [2.45, 2.75) is 32.0 Å². The predicted octanol–water partition coefficient (Wildman–Crippen LogP) is 2.60. The molecule has 0 amide bonds. The van der Waals surface area contributed by atoms with Crippen LogP contribution in [0.2, 0.25) is 0 Å². The van der Waals surface area contributed by atoms with E-state index in [0.29, 0.717) is 6.42 Å². The molecule has 0 aromatic heterocycles. The van der Waals surface area contributed by atoms with Crippen molar-refractivity contribution in [3.8, 4) is 0 Å². The summed E-state index contributed by atoms with van der Waals surface area (Å²) in [7, 11) is 4.10. The second-order valence-electron chi connectivity index (χ2n) is 5.55. The average molecular weight is 289 g/mol. The van der Waals surface area contributed by atoms with Gasteiger partial charge in [-0.05, 0) is 38.6 Å². The molecule has 0 fully saturated rings. The Bertz CT molecular complexity index is 470. The van der Waals surface area contributed by atoms with E-state index in [0.717, 1.165) is 24.1 Å². The Morgan fingerprint density at radius 2 is 2.14 bits per heavy atom. The summed E-state index contributed by atoms with van der Waals surface area (Å²) in [5, 5.41) is 19.9. The van der Waals surface area contributed by atoms with Crippen molar-refractivity contribution in [3.63, 3.8) is 0 Å². The number of nitrogens with zero attached hydrogens (tertiary/aromatic N) is 1. The fourth-order valence-corrected chi connectivity index (χ4v) is 2.23. The monoisotopic (exact) mass is 289 g/mol. The topological polar surface area (TPSA) is 43.7 Å². The van der Waals surface area contributed by atoms with Gasteiger partial charge in [0.2, 0.25) is 0 Å². The van der Waals surface area contributed by atoms with E-state index in [2.05, 4.69) is 37.7 Å². The number of aliphatic hydroxyl groups is 2. The first-order valence-corrected chi connectivity index (χ1v) is 7.36. The summed E-state index contributed by atoms with van der Waals surface area (Å²) in [6, 6.07) is 0. The van der Waals surface area contributed by atoms with E-state index in [1.165, 1.54) is 5.57 Å². The zero-order valence-corrected chi connectivity index (χ0v) is 13.3. The van der Waals surface area contributed by atoms with Crippen LogP contribution in [-0.2, 0) is 0 Å². The molecule has 0 bridgehead atoms. The van der Waals surface area contributed by atoms with Crippen LogP contribution >= 0.6 is 0 Å². The summed E-state index contributed by atoms with van der Waals surface area (Å²) < 4.78 is 0. The molecule has 3 heteroatoms. The lowest BCUT2D eigenvalue weighted by Crippen LogP contribution is -2.17. The average Bonchev–Trinajstić information content (AvgIpc) is 2.60. The van der Waals surface area contributed by atoms with Crippen molar-refractivity contribution < 1.29 is 10.2 Å². The van der Waals surface area contributed by atoms with Crippen LogP contribution < -0.4 is 0 Å². The van der Waals surface area contributed by atoms with Gasteiger partial charge in [0.05, 0.1) is 12.2 Å². The third kappa shape index (κ3) is 5.84. The fraction of sp³-hybridized carbons (Fsp3) is 0.444. The molecule has 2 unspecified atom stereocenters. The van der Waals surface area contributed by atoms with Crippen LogP contribution in [0.4, 0.5) is 0 Å². The first kappa shape index (κ1) is 17.6. The standard InChI is InChI=1S/C18H27NO2/c1-5-14(10-11-19(3)4)12-15(6-2)17-9-7-8-16(20)13-18(17)21/h5-9,12,16,18,20-21H,2,10-11,13H2,1,3-4H3/b14-5-,15-12+. The largest absolute Gasteiger partial charge is 0.389 e. The van der Waals surface area contributed by atoms with E-state index in [4.69, 9.17) is 0 Å². The van der Waals surface area contributed by atoms with Crippen molar-refractivity contribution in [2.75, 3.05) is 20.6 Å². The molecule has 1 aliphatic rings. The van der Waals surface area contributed by atoms with E-state index in [1.807, 2.05) is 13.0 Å². The van der Waals surface area contributed by atoms with Gasteiger partial charge in [-0.2, -0.15) is 0 Å². The van der Waals surface area contributed by atoms with Gasteiger partial charge in [-0.25, -0.2) is 0 Å². The molecule has 0 spiro atoms. The Hall–Kier alpha value is -1.42. The highest BCUT2D eigenvalue weighted by atomic mass is 16.3. The smallest absolute Gasteiger partial charge is 0.0823 e. The lowest BCUT2D eigenvalue weighted by atomic mass is 9.95. The SMILES string of the molecule is C=C/C(=C\C(=C/C)CCN(C)C)C1=CC=CC(O)CC1O. The Kier molecular flexibility index (Phi) is 7.37. The van der Waals surface area contributed by atoms with Crippen LogP contribution in [-0.4, -0.2) is 48.0 Å². The van der Waals surface area contributed by atoms with E-state index in [1.54, 1.807) is 18.2 Å². The number of hydrogen-bond donors (Lipinski definition) is 2. The minimum absolute atomic E-state index is 0.316. The Labute approximate surface area is 128 Å². The summed E-state index contributed by atoms with van der Waals surface area (Å²) in [4.78, 5) is 2.14. The van der Waals surface area contributed by atoms with Crippen LogP contribution in [0.25, 0.3) is 0 Å². The van der Waals surface area contributed by atoms with Gasteiger partial charge in [0.1, 0.15) is 0 Å². The second-order valence-corrected chi connectivity index (χ2v) is 5.55.